The first-order valence-corrected chi connectivity index (χ1v) is 5.86. The number of ether oxygens (including phenoxy) is 1. The van der Waals surface area contributed by atoms with Crippen LogP contribution in [0.4, 0.5) is 0 Å². The van der Waals surface area contributed by atoms with Crippen LogP contribution in [-0.4, -0.2) is 23.7 Å². The average molecular weight is 235 g/mol. The largest absolute Gasteiger partial charge is 0.493 e. The molecule has 0 aromatic heterocycles. The first-order chi connectivity index (χ1) is 8.16. The molecule has 0 spiro atoms. The van der Waals surface area contributed by atoms with Crippen molar-refractivity contribution in [3.05, 3.63) is 29.8 Å². The van der Waals surface area contributed by atoms with E-state index in [-0.39, 0.29) is 0 Å². The van der Waals surface area contributed by atoms with Gasteiger partial charge in [0.2, 0.25) is 0 Å². The summed E-state index contributed by atoms with van der Waals surface area (Å²) in [7, 11) is 0. The lowest BCUT2D eigenvalue weighted by molar-refractivity contribution is -0.138. The molecule has 2 rings (SSSR count). The van der Waals surface area contributed by atoms with Gasteiger partial charge in [-0.05, 0) is 30.4 Å². The van der Waals surface area contributed by atoms with Gasteiger partial charge >= 0.3 is 5.97 Å². The maximum absolute atomic E-state index is 10.7. The number of nitrogens with two attached hydrogens (primary N) is 1. The van der Waals surface area contributed by atoms with Crippen LogP contribution in [0, 0.1) is 5.92 Å². The Morgan fingerprint density at radius 1 is 1.47 bits per heavy atom. The Labute approximate surface area is 100 Å². The Kier molecular flexibility index (Phi) is 3.64. The fourth-order valence-electron chi connectivity index (χ4n) is 1.63. The van der Waals surface area contributed by atoms with Gasteiger partial charge in [0.05, 0.1) is 6.61 Å². The van der Waals surface area contributed by atoms with Gasteiger partial charge in [0.15, 0.2) is 0 Å². The summed E-state index contributed by atoms with van der Waals surface area (Å²) in [4.78, 5) is 10.7. The van der Waals surface area contributed by atoms with Crippen molar-refractivity contribution >= 4 is 5.97 Å². The van der Waals surface area contributed by atoms with E-state index < -0.39 is 12.0 Å². The van der Waals surface area contributed by atoms with Crippen molar-refractivity contribution in [3.8, 4) is 5.75 Å². The van der Waals surface area contributed by atoms with Crippen molar-refractivity contribution in [2.45, 2.75) is 25.3 Å². The summed E-state index contributed by atoms with van der Waals surface area (Å²) >= 11 is 0. The van der Waals surface area contributed by atoms with Crippen LogP contribution in [0.5, 0.6) is 5.75 Å². The third-order valence-electron chi connectivity index (χ3n) is 2.90. The molecule has 0 unspecified atom stereocenters. The summed E-state index contributed by atoms with van der Waals surface area (Å²) in [5, 5.41) is 8.80. The molecule has 4 nitrogen and oxygen atoms in total. The van der Waals surface area contributed by atoms with E-state index in [4.69, 9.17) is 15.6 Å². The van der Waals surface area contributed by atoms with Gasteiger partial charge in [-0.3, -0.25) is 4.79 Å². The second kappa shape index (κ2) is 5.19. The Hall–Kier alpha value is -1.55. The van der Waals surface area contributed by atoms with Crippen molar-refractivity contribution in [2.24, 2.45) is 11.7 Å². The molecular formula is C13H17NO3. The number of rotatable bonds is 6. The zero-order valence-electron chi connectivity index (χ0n) is 9.63. The van der Waals surface area contributed by atoms with Crippen LogP contribution in [0.2, 0.25) is 0 Å². The van der Waals surface area contributed by atoms with Crippen LogP contribution < -0.4 is 10.5 Å². The average Bonchev–Trinajstić information content (AvgIpc) is 3.11. The predicted octanol–water partition coefficient (Wildman–Crippen LogP) is 1.43. The number of benzene rings is 1. The molecule has 1 fully saturated rings. The SMILES string of the molecule is N[C@@H](Cc1ccccc1OCC1CC1)C(=O)O. The molecule has 1 aromatic carbocycles. The second-order valence-electron chi connectivity index (χ2n) is 4.51. The van der Waals surface area contributed by atoms with E-state index >= 15 is 0 Å². The molecular weight excluding hydrogens is 218 g/mol. The highest BCUT2D eigenvalue weighted by molar-refractivity contribution is 5.73. The van der Waals surface area contributed by atoms with E-state index in [1.54, 1.807) is 0 Å². The van der Waals surface area contributed by atoms with Gasteiger partial charge in [0, 0.05) is 6.42 Å². The van der Waals surface area contributed by atoms with E-state index in [2.05, 4.69) is 0 Å². The summed E-state index contributed by atoms with van der Waals surface area (Å²) in [6.07, 6.45) is 2.77. The van der Waals surface area contributed by atoms with Gasteiger partial charge in [0.25, 0.3) is 0 Å². The number of carboxylic acids is 1. The summed E-state index contributed by atoms with van der Waals surface area (Å²) in [6, 6.07) is 6.61. The number of carboxylic acid groups (broad SMARTS) is 1. The lowest BCUT2D eigenvalue weighted by atomic mass is 10.1. The van der Waals surface area contributed by atoms with Gasteiger partial charge < -0.3 is 15.6 Å². The highest BCUT2D eigenvalue weighted by atomic mass is 16.5. The van der Waals surface area contributed by atoms with Crippen molar-refractivity contribution < 1.29 is 14.6 Å². The quantitative estimate of drug-likeness (QED) is 0.782. The Bertz CT molecular complexity index is 401. The van der Waals surface area contributed by atoms with Gasteiger partial charge in [-0.25, -0.2) is 0 Å². The molecule has 0 amide bonds. The number of carbonyl (C=O) groups is 1. The highest BCUT2D eigenvalue weighted by Gasteiger charge is 2.22. The van der Waals surface area contributed by atoms with E-state index in [0.29, 0.717) is 12.3 Å². The minimum atomic E-state index is -0.984. The summed E-state index contributed by atoms with van der Waals surface area (Å²) in [5.74, 6) is 0.453. The monoisotopic (exact) mass is 235 g/mol. The van der Waals surface area contributed by atoms with Crippen LogP contribution in [0.25, 0.3) is 0 Å². The van der Waals surface area contributed by atoms with Crippen molar-refractivity contribution in [3.63, 3.8) is 0 Å². The lowest BCUT2D eigenvalue weighted by Gasteiger charge is -2.12. The van der Waals surface area contributed by atoms with Crippen LogP contribution in [0.15, 0.2) is 24.3 Å². The number of para-hydroxylation sites is 1. The molecule has 0 saturated heterocycles. The summed E-state index contributed by atoms with van der Waals surface area (Å²) < 4.78 is 5.69. The molecule has 1 aromatic rings. The number of aliphatic carboxylic acids is 1. The molecule has 1 atom stereocenters. The van der Waals surface area contributed by atoms with E-state index in [1.165, 1.54) is 12.8 Å². The molecule has 3 N–H and O–H groups in total. The molecule has 0 heterocycles. The standard InChI is InChI=1S/C13H17NO3/c14-11(13(15)16)7-10-3-1-2-4-12(10)17-8-9-5-6-9/h1-4,9,11H,5-8,14H2,(H,15,16)/t11-/m0/s1. The molecule has 17 heavy (non-hydrogen) atoms. The Balaban J connectivity index is 2.00. The van der Waals surface area contributed by atoms with Crippen LogP contribution >= 0.6 is 0 Å². The molecule has 1 aliphatic carbocycles. The third kappa shape index (κ3) is 3.46. The van der Waals surface area contributed by atoms with Crippen molar-refractivity contribution in [1.29, 1.82) is 0 Å². The molecule has 4 heteroatoms. The first-order valence-electron chi connectivity index (χ1n) is 5.86. The number of hydrogen-bond acceptors (Lipinski definition) is 3. The van der Waals surface area contributed by atoms with Gasteiger partial charge in [-0.1, -0.05) is 18.2 Å². The minimum absolute atomic E-state index is 0.302. The van der Waals surface area contributed by atoms with Crippen LogP contribution in [0.1, 0.15) is 18.4 Å². The fraction of sp³-hybridized carbons (Fsp3) is 0.462. The van der Waals surface area contributed by atoms with Crippen molar-refractivity contribution in [2.75, 3.05) is 6.61 Å². The maximum Gasteiger partial charge on any atom is 0.320 e. The lowest BCUT2D eigenvalue weighted by Crippen LogP contribution is -2.32. The smallest absolute Gasteiger partial charge is 0.320 e. The molecule has 0 aliphatic heterocycles. The molecule has 92 valence electrons. The third-order valence-corrected chi connectivity index (χ3v) is 2.90. The van der Waals surface area contributed by atoms with Crippen molar-refractivity contribution in [1.82, 2.24) is 0 Å². The maximum atomic E-state index is 10.7. The zero-order chi connectivity index (χ0) is 12.3. The summed E-state index contributed by atoms with van der Waals surface area (Å²) in [6.45, 7) is 0.722. The van der Waals surface area contributed by atoms with E-state index in [1.807, 2.05) is 24.3 Å². The topological polar surface area (TPSA) is 72.5 Å². The van der Waals surface area contributed by atoms with E-state index in [0.717, 1.165) is 17.9 Å². The first kappa shape index (κ1) is 11.9. The minimum Gasteiger partial charge on any atom is -0.493 e. The van der Waals surface area contributed by atoms with Crippen LogP contribution in [-0.2, 0) is 11.2 Å². The second-order valence-corrected chi connectivity index (χ2v) is 4.51. The van der Waals surface area contributed by atoms with E-state index in [9.17, 15) is 4.79 Å². The number of hydrogen-bond donors (Lipinski definition) is 2. The van der Waals surface area contributed by atoms with Gasteiger partial charge in [-0.15, -0.1) is 0 Å². The molecule has 1 aliphatic rings. The summed E-state index contributed by atoms with van der Waals surface area (Å²) in [5.41, 5.74) is 6.39. The highest BCUT2D eigenvalue weighted by Crippen LogP contribution is 2.30. The molecule has 0 radical (unpaired) electrons. The van der Waals surface area contributed by atoms with Gasteiger partial charge in [-0.2, -0.15) is 0 Å². The fourth-order valence-corrected chi connectivity index (χ4v) is 1.63. The molecule has 0 bridgehead atoms. The Morgan fingerprint density at radius 3 is 2.82 bits per heavy atom. The Morgan fingerprint density at radius 2 is 2.18 bits per heavy atom. The zero-order valence-corrected chi connectivity index (χ0v) is 9.63. The predicted molar refractivity (Wildman–Crippen MR) is 64.0 cm³/mol. The van der Waals surface area contributed by atoms with Crippen LogP contribution in [0.3, 0.4) is 0 Å². The van der Waals surface area contributed by atoms with Gasteiger partial charge in [0.1, 0.15) is 11.8 Å². The normalized spacial score (nSPS) is 16.5. The molecule has 1 saturated carbocycles.